The summed E-state index contributed by atoms with van der Waals surface area (Å²) in [5.41, 5.74) is 2.22. The summed E-state index contributed by atoms with van der Waals surface area (Å²) in [7, 11) is 0. The highest BCUT2D eigenvalue weighted by Crippen LogP contribution is 2.40. The molecule has 1 aromatic carbocycles. The van der Waals surface area contributed by atoms with E-state index >= 15 is 0 Å². The lowest BCUT2D eigenvalue weighted by Crippen LogP contribution is -2.15. The summed E-state index contributed by atoms with van der Waals surface area (Å²) in [6.07, 6.45) is 0.835. The van der Waals surface area contributed by atoms with Gasteiger partial charge < -0.3 is 5.32 Å². The third-order valence-corrected chi connectivity index (χ3v) is 6.34. The Labute approximate surface area is 152 Å². The van der Waals surface area contributed by atoms with Crippen LogP contribution in [0.25, 0.3) is 0 Å². The van der Waals surface area contributed by atoms with Gasteiger partial charge in [-0.3, -0.25) is 9.59 Å². The zero-order chi connectivity index (χ0) is 16.4. The van der Waals surface area contributed by atoms with E-state index in [0.717, 1.165) is 28.4 Å². The van der Waals surface area contributed by atoms with Crippen LogP contribution in [0.3, 0.4) is 0 Å². The molecule has 23 heavy (non-hydrogen) atoms. The van der Waals surface area contributed by atoms with E-state index in [0.29, 0.717) is 21.2 Å². The highest BCUT2D eigenvalue weighted by molar-refractivity contribution is 7.98. The Balaban J connectivity index is 2.04. The van der Waals surface area contributed by atoms with Gasteiger partial charge in [-0.25, -0.2) is 0 Å². The van der Waals surface area contributed by atoms with Gasteiger partial charge in [0.2, 0.25) is 5.91 Å². The summed E-state index contributed by atoms with van der Waals surface area (Å²) < 4.78 is 0. The molecule has 2 aromatic rings. The molecule has 120 valence electrons. The number of carbonyl (C=O) groups excluding carboxylic acids is 2. The van der Waals surface area contributed by atoms with Crippen molar-refractivity contribution < 1.29 is 9.59 Å². The van der Waals surface area contributed by atoms with E-state index in [1.807, 2.05) is 11.8 Å². The molecule has 1 aliphatic rings. The van der Waals surface area contributed by atoms with Gasteiger partial charge in [0.25, 0.3) is 0 Å². The van der Waals surface area contributed by atoms with E-state index in [9.17, 15) is 9.59 Å². The molecular formula is C16H13Cl2NO2S2. The first-order chi connectivity index (χ1) is 11.1. The molecule has 0 fully saturated rings. The molecule has 0 unspecified atom stereocenters. The van der Waals surface area contributed by atoms with Crippen LogP contribution in [0.2, 0.25) is 5.02 Å². The van der Waals surface area contributed by atoms with E-state index in [4.69, 9.17) is 23.2 Å². The minimum Gasteiger partial charge on any atom is -0.316 e. The number of benzene rings is 1. The maximum atomic E-state index is 13.0. The van der Waals surface area contributed by atoms with Crippen molar-refractivity contribution in [2.45, 2.75) is 12.2 Å². The molecular weight excluding hydrogens is 373 g/mol. The van der Waals surface area contributed by atoms with E-state index in [2.05, 4.69) is 5.32 Å². The van der Waals surface area contributed by atoms with Crippen LogP contribution >= 0.6 is 46.3 Å². The minimum atomic E-state index is -0.303. The molecule has 0 radical (unpaired) electrons. The maximum Gasteiger partial charge on any atom is 0.239 e. The average molecular weight is 386 g/mol. The molecule has 0 saturated heterocycles. The van der Waals surface area contributed by atoms with Gasteiger partial charge >= 0.3 is 0 Å². The quantitative estimate of drug-likeness (QED) is 0.617. The van der Waals surface area contributed by atoms with Crippen molar-refractivity contribution in [1.29, 1.82) is 0 Å². The first-order valence-electron chi connectivity index (χ1n) is 6.98. The Morgan fingerprint density at radius 2 is 1.96 bits per heavy atom. The number of alkyl halides is 1. The number of rotatable bonds is 4. The molecule has 3 nitrogen and oxygen atoms in total. The van der Waals surface area contributed by atoms with Crippen LogP contribution in [0, 0.1) is 0 Å². The van der Waals surface area contributed by atoms with Gasteiger partial charge in [0.1, 0.15) is 10.9 Å². The van der Waals surface area contributed by atoms with E-state index in [1.165, 1.54) is 11.3 Å². The van der Waals surface area contributed by atoms with Crippen LogP contribution in [-0.2, 0) is 17.0 Å². The summed E-state index contributed by atoms with van der Waals surface area (Å²) in [5, 5.41) is 3.96. The number of hydrogen-bond acceptors (Lipinski definition) is 4. The molecule has 1 aromatic heterocycles. The van der Waals surface area contributed by atoms with Crippen molar-refractivity contribution >= 4 is 63.0 Å². The summed E-state index contributed by atoms with van der Waals surface area (Å²) in [5.74, 6) is 1.33. The zero-order valence-corrected chi connectivity index (χ0v) is 15.2. The van der Waals surface area contributed by atoms with Crippen LogP contribution in [-0.4, -0.2) is 23.3 Å². The number of thiophene rings is 1. The Morgan fingerprint density at radius 3 is 2.65 bits per heavy atom. The van der Waals surface area contributed by atoms with Crippen LogP contribution in [0.1, 0.15) is 26.4 Å². The van der Waals surface area contributed by atoms with Crippen LogP contribution in [0.15, 0.2) is 24.3 Å². The molecule has 0 saturated carbocycles. The maximum absolute atomic E-state index is 13.0. The lowest BCUT2D eigenvalue weighted by Gasteiger charge is -2.12. The Bertz CT molecular complexity index is 756. The Kier molecular flexibility index (Phi) is 5.31. The van der Waals surface area contributed by atoms with Crippen molar-refractivity contribution in [2.24, 2.45) is 0 Å². The molecule has 0 spiro atoms. The lowest BCUT2D eigenvalue weighted by molar-refractivity contribution is -0.113. The molecule has 2 heterocycles. The van der Waals surface area contributed by atoms with Crippen molar-refractivity contribution in [1.82, 2.24) is 0 Å². The van der Waals surface area contributed by atoms with Gasteiger partial charge in [0, 0.05) is 21.2 Å². The third kappa shape index (κ3) is 3.58. The van der Waals surface area contributed by atoms with Crippen LogP contribution in [0.4, 0.5) is 5.00 Å². The summed E-state index contributed by atoms with van der Waals surface area (Å²) in [4.78, 5) is 25.8. The van der Waals surface area contributed by atoms with Gasteiger partial charge in [0.15, 0.2) is 5.78 Å². The largest absolute Gasteiger partial charge is 0.316 e. The normalized spacial score (nSPS) is 13.5. The second-order valence-electron chi connectivity index (χ2n) is 5.03. The Morgan fingerprint density at radius 1 is 1.22 bits per heavy atom. The fraction of sp³-hybridized carbons (Fsp3) is 0.250. The molecule has 1 aliphatic heterocycles. The highest BCUT2D eigenvalue weighted by atomic mass is 35.5. The van der Waals surface area contributed by atoms with Gasteiger partial charge in [-0.1, -0.05) is 11.6 Å². The first kappa shape index (κ1) is 16.8. The zero-order valence-electron chi connectivity index (χ0n) is 12.0. The number of thioether (sulfide) groups is 1. The molecule has 0 aliphatic carbocycles. The number of hydrogen-bond donors (Lipinski definition) is 1. The van der Waals surface area contributed by atoms with Gasteiger partial charge in [-0.2, -0.15) is 11.8 Å². The van der Waals surface area contributed by atoms with E-state index in [1.54, 1.807) is 24.3 Å². The number of amides is 1. The van der Waals surface area contributed by atoms with Gasteiger partial charge in [-0.15, -0.1) is 22.9 Å². The molecule has 0 bridgehead atoms. The highest BCUT2D eigenvalue weighted by Gasteiger charge is 2.27. The number of ketones is 1. The standard InChI is InChI=1S/C16H13Cl2NO2S2/c17-7-13(20)19-16-14(11-5-6-22-8-12(11)23-16)15(21)9-1-3-10(18)4-2-9/h1-4H,5-8H2,(H,19,20). The van der Waals surface area contributed by atoms with Crippen LogP contribution < -0.4 is 5.32 Å². The predicted molar refractivity (Wildman–Crippen MR) is 98.4 cm³/mol. The number of halogens is 2. The number of carbonyl (C=O) groups is 2. The lowest BCUT2D eigenvalue weighted by atomic mass is 9.98. The average Bonchev–Trinajstić information content (AvgIpc) is 2.92. The fourth-order valence-corrected chi connectivity index (χ4v) is 5.05. The molecule has 0 atom stereocenters. The van der Waals surface area contributed by atoms with Crippen molar-refractivity contribution in [3.63, 3.8) is 0 Å². The molecule has 3 rings (SSSR count). The summed E-state index contributed by atoms with van der Waals surface area (Å²) >= 11 is 14.8. The van der Waals surface area contributed by atoms with Crippen LogP contribution in [0.5, 0.6) is 0 Å². The molecule has 7 heteroatoms. The SMILES string of the molecule is O=C(CCl)Nc1sc2c(c1C(=O)c1ccc(Cl)cc1)CCSC2. The van der Waals surface area contributed by atoms with Gasteiger partial charge in [-0.05, 0) is 42.0 Å². The summed E-state index contributed by atoms with van der Waals surface area (Å²) in [6.45, 7) is 0. The van der Waals surface area contributed by atoms with E-state index < -0.39 is 0 Å². The number of fused-ring (bicyclic) bond motifs is 1. The third-order valence-electron chi connectivity index (χ3n) is 3.53. The fourth-order valence-electron chi connectivity index (χ4n) is 2.47. The van der Waals surface area contributed by atoms with Crippen molar-refractivity contribution in [3.05, 3.63) is 50.9 Å². The molecule has 1 amide bonds. The minimum absolute atomic E-state index is 0.0871. The number of nitrogens with one attached hydrogen (secondary N) is 1. The van der Waals surface area contributed by atoms with Gasteiger partial charge in [0.05, 0.1) is 5.56 Å². The van der Waals surface area contributed by atoms with Crippen molar-refractivity contribution in [2.75, 3.05) is 16.9 Å². The summed E-state index contributed by atoms with van der Waals surface area (Å²) in [6, 6.07) is 6.81. The van der Waals surface area contributed by atoms with Crippen molar-refractivity contribution in [3.8, 4) is 0 Å². The monoisotopic (exact) mass is 385 g/mol. The van der Waals surface area contributed by atoms with E-state index in [-0.39, 0.29) is 17.6 Å². The smallest absolute Gasteiger partial charge is 0.239 e. The second-order valence-corrected chi connectivity index (χ2v) is 7.94. The predicted octanol–water partition coefficient (Wildman–Crippen LogP) is 4.60. The molecule has 1 N–H and O–H groups in total. The first-order valence-corrected chi connectivity index (χ1v) is 9.87. The number of anilines is 1. The topological polar surface area (TPSA) is 46.2 Å². The second kappa shape index (κ2) is 7.26. The Hall–Kier alpha value is -1.01.